The largest absolute Gasteiger partial charge is 0.387 e. The number of rotatable bonds is 4. The number of aliphatic hydroxyl groups is 1. The average molecular weight is 352 g/mol. The quantitative estimate of drug-likeness (QED) is 0.801. The van der Waals surface area contributed by atoms with Gasteiger partial charge in [-0.05, 0) is 96.6 Å². The maximum absolute atomic E-state index is 10.8. The zero-order chi connectivity index (χ0) is 18.1. The molecule has 0 spiro atoms. The van der Waals surface area contributed by atoms with Crippen molar-refractivity contribution in [3.8, 4) is 0 Å². The lowest BCUT2D eigenvalue weighted by molar-refractivity contribution is 0.102. The molecule has 1 aliphatic carbocycles. The summed E-state index contributed by atoms with van der Waals surface area (Å²) >= 11 is 0. The molecular formula is C24H33NO. The Balaban J connectivity index is 1.69. The van der Waals surface area contributed by atoms with Gasteiger partial charge in [0.2, 0.25) is 0 Å². The summed E-state index contributed by atoms with van der Waals surface area (Å²) in [5.74, 6) is 0.679. The van der Waals surface area contributed by atoms with Crippen LogP contribution >= 0.6 is 0 Å². The molecule has 0 bridgehead atoms. The Morgan fingerprint density at radius 3 is 2.65 bits per heavy atom. The molecule has 2 heteroatoms. The van der Waals surface area contributed by atoms with Crippen molar-refractivity contribution < 1.29 is 5.11 Å². The Hall–Kier alpha value is -1.38. The van der Waals surface area contributed by atoms with E-state index in [1.165, 1.54) is 54.9 Å². The Morgan fingerprint density at radius 1 is 1.08 bits per heavy atom. The lowest BCUT2D eigenvalue weighted by Crippen LogP contribution is -2.33. The standard InChI is InChI=1S/C24H33NO/c1-3-18-14-22-17(2)8-7-9-20(22)21-11-10-19(15-23(18)21)24(26)16-25-12-5-4-6-13-25/h10-11,14-15,17,24,26H,3-9,12-13,16H2,1-2H3. The molecule has 1 N–H and O–H groups in total. The fourth-order valence-corrected chi connectivity index (χ4v) is 5.05. The lowest BCUT2D eigenvalue weighted by atomic mass is 9.79. The van der Waals surface area contributed by atoms with Gasteiger partial charge in [0.25, 0.3) is 0 Å². The van der Waals surface area contributed by atoms with Gasteiger partial charge in [0.1, 0.15) is 0 Å². The van der Waals surface area contributed by atoms with E-state index in [4.69, 9.17) is 0 Å². The zero-order valence-corrected chi connectivity index (χ0v) is 16.4. The van der Waals surface area contributed by atoms with Crippen LogP contribution in [0.25, 0.3) is 10.8 Å². The molecule has 2 nitrogen and oxygen atoms in total. The summed E-state index contributed by atoms with van der Waals surface area (Å²) in [6.07, 6.45) is 8.38. The van der Waals surface area contributed by atoms with E-state index in [0.717, 1.165) is 31.6 Å². The molecule has 2 atom stereocenters. The number of likely N-dealkylation sites (tertiary alicyclic amines) is 1. The molecule has 1 heterocycles. The van der Waals surface area contributed by atoms with Gasteiger partial charge in [-0.3, -0.25) is 0 Å². The van der Waals surface area contributed by atoms with Crippen LogP contribution in [0.2, 0.25) is 0 Å². The number of aliphatic hydroxyl groups excluding tert-OH is 1. The Morgan fingerprint density at radius 2 is 1.88 bits per heavy atom. The highest BCUT2D eigenvalue weighted by atomic mass is 16.3. The van der Waals surface area contributed by atoms with Crippen molar-refractivity contribution >= 4 is 10.8 Å². The van der Waals surface area contributed by atoms with Crippen LogP contribution in [-0.4, -0.2) is 29.6 Å². The van der Waals surface area contributed by atoms with Crippen LogP contribution in [0.4, 0.5) is 0 Å². The summed E-state index contributed by atoms with van der Waals surface area (Å²) in [4.78, 5) is 2.42. The molecule has 2 aromatic rings. The average Bonchev–Trinajstić information content (AvgIpc) is 2.68. The van der Waals surface area contributed by atoms with Gasteiger partial charge >= 0.3 is 0 Å². The number of benzene rings is 2. The summed E-state index contributed by atoms with van der Waals surface area (Å²) < 4.78 is 0. The second kappa shape index (κ2) is 7.70. The minimum absolute atomic E-state index is 0.378. The molecule has 140 valence electrons. The third-order valence-electron chi connectivity index (χ3n) is 6.63. The van der Waals surface area contributed by atoms with Crippen molar-refractivity contribution in [3.05, 3.63) is 46.5 Å². The van der Waals surface area contributed by atoms with E-state index in [0.29, 0.717) is 5.92 Å². The van der Waals surface area contributed by atoms with Gasteiger partial charge in [-0.1, -0.05) is 38.5 Å². The van der Waals surface area contributed by atoms with E-state index in [2.05, 4.69) is 43.0 Å². The highest BCUT2D eigenvalue weighted by molar-refractivity contribution is 5.91. The van der Waals surface area contributed by atoms with E-state index < -0.39 is 0 Å². The minimum atomic E-state index is -0.378. The van der Waals surface area contributed by atoms with Crippen molar-refractivity contribution in [2.45, 2.75) is 70.8 Å². The third-order valence-corrected chi connectivity index (χ3v) is 6.63. The predicted molar refractivity (Wildman–Crippen MR) is 110 cm³/mol. The van der Waals surface area contributed by atoms with Crippen LogP contribution in [0.3, 0.4) is 0 Å². The third kappa shape index (κ3) is 3.42. The summed E-state index contributed by atoms with van der Waals surface area (Å²) in [7, 11) is 0. The van der Waals surface area contributed by atoms with E-state index in [-0.39, 0.29) is 6.10 Å². The zero-order valence-electron chi connectivity index (χ0n) is 16.4. The van der Waals surface area contributed by atoms with Gasteiger partial charge in [0.15, 0.2) is 0 Å². The van der Waals surface area contributed by atoms with E-state index >= 15 is 0 Å². The van der Waals surface area contributed by atoms with Crippen molar-refractivity contribution in [1.29, 1.82) is 0 Å². The normalized spacial score (nSPS) is 22.3. The maximum Gasteiger partial charge on any atom is 0.0917 e. The molecule has 0 amide bonds. The van der Waals surface area contributed by atoms with Gasteiger partial charge in [0, 0.05) is 6.54 Å². The van der Waals surface area contributed by atoms with E-state index in [9.17, 15) is 5.11 Å². The molecule has 0 radical (unpaired) electrons. The first kappa shape index (κ1) is 18.0. The molecule has 2 unspecified atom stereocenters. The van der Waals surface area contributed by atoms with Gasteiger partial charge in [-0.25, -0.2) is 0 Å². The summed E-state index contributed by atoms with van der Waals surface area (Å²) in [5.41, 5.74) is 5.66. The van der Waals surface area contributed by atoms with Crippen LogP contribution in [0.1, 0.15) is 80.2 Å². The van der Waals surface area contributed by atoms with Gasteiger partial charge in [-0.2, -0.15) is 0 Å². The SMILES string of the molecule is CCc1cc2c(c3ccc(C(O)CN4CCCCC4)cc13)CCCC2C. The molecule has 1 fully saturated rings. The molecule has 26 heavy (non-hydrogen) atoms. The number of piperidine rings is 1. The number of nitrogens with zero attached hydrogens (tertiary/aromatic N) is 1. The summed E-state index contributed by atoms with van der Waals surface area (Å²) in [5, 5.41) is 13.6. The second-order valence-electron chi connectivity index (χ2n) is 8.43. The van der Waals surface area contributed by atoms with E-state index in [1.807, 2.05) is 0 Å². The first-order chi connectivity index (χ1) is 12.7. The fraction of sp³-hybridized carbons (Fsp3) is 0.583. The highest BCUT2D eigenvalue weighted by Gasteiger charge is 2.21. The Labute approximate surface area is 158 Å². The number of fused-ring (bicyclic) bond motifs is 3. The molecule has 4 rings (SSSR count). The first-order valence-corrected chi connectivity index (χ1v) is 10.7. The topological polar surface area (TPSA) is 23.5 Å². The predicted octanol–water partition coefficient (Wildman–Crippen LogP) is 5.36. The Kier molecular flexibility index (Phi) is 5.33. The van der Waals surface area contributed by atoms with Crippen molar-refractivity contribution in [2.24, 2.45) is 0 Å². The van der Waals surface area contributed by atoms with Gasteiger partial charge in [-0.15, -0.1) is 0 Å². The van der Waals surface area contributed by atoms with Crippen molar-refractivity contribution in [3.63, 3.8) is 0 Å². The lowest BCUT2D eigenvalue weighted by Gasteiger charge is -2.29. The number of hydrogen-bond donors (Lipinski definition) is 1. The molecule has 0 aromatic heterocycles. The van der Waals surface area contributed by atoms with Crippen molar-refractivity contribution in [2.75, 3.05) is 19.6 Å². The number of hydrogen-bond acceptors (Lipinski definition) is 2. The summed E-state index contributed by atoms with van der Waals surface area (Å²) in [6, 6.07) is 9.21. The molecule has 2 aromatic carbocycles. The molecule has 1 aliphatic heterocycles. The Bertz CT molecular complexity index is 775. The summed E-state index contributed by atoms with van der Waals surface area (Å²) in [6.45, 7) is 7.67. The highest BCUT2D eigenvalue weighted by Crippen LogP contribution is 2.38. The van der Waals surface area contributed by atoms with Crippen LogP contribution in [0.15, 0.2) is 24.3 Å². The fourth-order valence-electron chi connectivity index (χ4n) is 5.05. The van der Waals surface area contributed by atoms with Crippen LogP contribution in [-0.2, 0) is 12.8 Å². The smallest absolute Gasteiger partial charge is 0.0917 e. The monoisotopic (exact) mass is 351 g/mol. The second-order valence-corrected chi connectivity index (χ2v) is 8.43. The molecule has 2 aliphatic rings. The van der Waals surface area contributed by atoms with Gasteiger partial charge in [0.05, 0.1) is 6.10 Å². The van der Waals surface area contributed by atoms with Crippen LogP contribution < -0.4 is 0 Å². The van der Waals surface area contributed by atoms with Gasteiger partial charge < -0.3 is 10.0 Å². The molecule has 0 saturated carbocycles. The molecule has 1 saturated heterocycles. The first-order valence-electron chi connectivity index (χ1n) is 10.7. The minimum Gasteiger partial charge on any atom is -0.387 e. The maximum atomic E-state index is 10.8. The van der Waals surface area contributed by atoms with Crippen LogP contribution in [0, 0.1) is 0 Å². The van der Waals surface area contributed by atoms with Crippen LogP contribution in [0.5, 0.6) is 0 Å². The van der Waals surface area contributed by atoms with Crippen molar-refractivity contribution in [1.82, 2.24) is 4.90 Å². The van der Waals surface area contributed by atoms with E-state index in [1.54, 1.807) is 11.1 Å². The number of β-amino-alcohol motifs (C(OH)–C–C–N with tert-alkyl or cyclic N) is 1. The molecular weight excluding hydrogens is 318 g/mol. The number of aryl methyl sites for hydroxylation is 2.